The summed E-state index contributed by atoms with van der Waals surface area (Å²) in [6.45, 7) is 11.7. The van der Waals surface area contributed by atoms with E-state index in [4.69, 9.17) is 4.74 Å². The SMILES string of the molecule is CSCCC(NC(=O)OC(C)(C)C)C(=O)N(C(C)CCC(C)C)C(C(=O)NCc1ccccc1)c1cccc(O)c1. The normalized spacial score (nSPS) is 13.7. The topological polar surface area (TPSA) is 108 Å². The standard InChI is InChI=1S/C32H47N3O5S/c1-22(2)16-17-23(3)35(30(38)27(18-19-41-7)34-31(39)40-32(4,5)6)28(25-14-11-15-26(36)20-25)29(37)33-21-24-12-9-8-10-13-24/h8-15,20,22-23,27-28,36H,16-19,21H2,1-7H3,(H,33,37)(H,34,39). The minimum absolute atomic E-state index is 0.00333. The molecule has 0 saturated heterocycles. The molecule has 3 N–H and O–H groups in total. The summed E-state index contributed by atoms with van der Waals surface area (Å²) in [5, 5.41) is 16.1. The first-order valence-electron chi connectivity index (χ1n) is 14.2. The Hall–Kier alpha value is -3.20. The third-order valence-corrected chi connectivity index (χ3v) is 7.16. The van der Waals surface area contributed by atoms with Gasteiger partial charge in [-0.25, -0.2) is 4.79 Å². The van der Waals surface area contributed by atoms with Crippen LogP contribution in [0.4, 0.5) is 4.79 Å². The summed E-state index contributed by atoms with van der Waals surface area (Å²) in [4.78, 5) is 42.8. The molecule has 3 unspecified atom stereocenters. The summed E-state index contributed by atoms with van der Waals surface area (Å²) in [5.74, 6) is 0.274. The lowest BCUT2D eigenvalue weighted by Crippen LogP contribution is -2.55. The van der Waals surface area contributed by atoms with Crippen molar-refractivity contribution in [2.45, 2.75) is 91.1 Å². The molecule has 3 amide bonds. The lowest BCUT2D eigenvalue weighted by Gasteiger charge is -2.39. The van der Waals surface area contributed by atoms with E-state index >= 15 is 0 Å². The second-order valence-electron chi connectivity index (χ2n) is 11.7. The Kier molecular flexibility index (Phi) is 13.5. The maximum Gasteiger partial charge on any atom is 0.408 e. The molecule has 0 aliphatic rings. The number of amides is 3. The number of benzene rings is 2. The molecule has 0 saturated carbocycles. The molecular formula is C32H47N3O5S. The van der Waals surface area contributed by atoms with Gasteiger partial charge in [-0.05, 0) is 88.1 Å². The summed E-state index contributed by atoms with van der Waals surface area (Å²) >= 11 is 1.57. The maximum atomic E-state index is 14.4. The molecule has 0 fully saturated rings. The van der Waals surface area contributed by atoms with Crippen LogP contribution in [0.15, 0.2) is 54.6 Å². The molecule has 0 heterocycles. The highest BCUT2D eigenvalue weighted by Gasteiger charge is 2.38. The van der Waals surface area contributed by atoms with Gasteiger partial charge in [-0.2, -0.15) is 11.8 Å². The highest BCUT2D eigenvalue weighted by Crippen LogP contribution is 2.30. The van der Waals surface area contributed by atoms with Crippen molar-refractivity contribution >= 4 is 29.7 Å². The molecule has 2 rings (SSSR count). The van der Waals surface area contributed by atoms with Gasteiger partial charge in [0.2, 0.25) is 11.8 Å². The molecule has 226 valence electrons. The highest BCUT2D eigenvalue weighted by molar-refractivity contribution is 7.98. The van der Waals surface area contributed by atoms with Crippen molar-refractivity contribution in [2.75, 3.05) is 12.0 Å². The highest BCUT2D eigenvalue weighted by atomic mass is 32.2. The van der Waals surface area contributed by atoms with Crippen LogP contribution in [0.2, 0.25) is 0 Å². The number of hydrogen-bond donors (Lipinski definition) is 3. The molecule has 0 aliphatic carbocycles. The van der Waals surface area contributed by atoms with E-state index in [1.165, 1.54) is 12.1 Å². The van der Waals surface area contributed by atoms with Crippen LogP contribution in [0, 0.1) is 5.92 Å². The van der Waals surface area contributed by atoms with Crippen LogP contribution < -0.4 is 10.6 Å². The van der Waals surface area contributed by atoms with Crippen molar-refractivity contribution in [1.29, 1.82) is 0 Å². The van der Waals surface area contributed by atoms with E-state index in [2.05, 4.69) is 24.5 Å². The zero-order valence-electron chi connectivity index (χ0n) is 25.5. The number of nitrogens with one attached hydrogen (secondary N) is 2. The van der Waals surface area contributed by atoms with Gasteiger partial charge < -0.3 is 25.4 Å². The van der Waals surface area contributed by atoms with E-state index in [0.29, 0.717) is 30.1 Å². The lowest BCUT2D eigenvalue weighted by atomic mass is 9.96. The summed E-state index contributed by atoms with van der Waals surface area (Å²) in [7, 11) is 0. The average Bonchev–Trinajstić information content (AvgIpc) is 2.90. The number of phenols is 1. The zero-order chi connectivity index (χ0) is 30.6. The fourth-order valence-corrected chi connectivity index (χ4v) is 4.92. The Morgan fingerprint density at radius 2 is 1.66 bits per heavy atom. The van der Waals surface area contributed by atoms with Gasteiger partial charge in [0.1, 0.15) is 23.4 Å². The molecule has 8 nitrogen and oxygen atoms in total. The van der Waals surface area contributed by atoms with Crippen LogP contribution in [0.25, 0.3) is 0 Å². The van der Waals surface area contributed by atoms with Gasteiger partial charge >= 0.3 is 6.09 Å². The molecule has 0 bridgehead atoms. The second-order valence-corrected chi connectivity index (χ2v) is 12.7. The number of carbonyl (C=O) groups is 3. The van der Waals surface area contributed by atoms with E-state index in [-0.39, 0.29) is 30.2 Å². The van der Waals surface area contributed by atoms with E-state index < -0.39 is 23.8 Å². The fourth-order valence-electron chi connectivity index (χ4n) is 4.45. The average molecular weight is 586 g/mol. The first-order valence-corrected chi connectivity index (χ1v) is 15.6. The number of carbonyl (C=O) groups excluding carboxylic acids is 3. The van der Waals surface area contributed by atoms with Crippen molar-refractivity contribution in [3.8, 4) is 5.75 Å². The van der Waals surface area contributed by atoms with E-state index in [9.17, 15) is 19.5 Å². The molecule has 41 heavy (non-hydrogen) atoms. The number of aromatic hydroxyl groups is 1. The van der Waals surface area contributed by atoms with Crippen LogP contribution in [0.5, 0.6) is 5.75 Å². The van der Waals surface area contributed by atoms with Gasteiger partial charge in [-0.15, -0.1) is 0 Å². The third kappa shape index (κ3) is 11.7. The van der Waals surface area contributed by atoms with Crippen molar-refractivity contribution in [1.82, 2.24) is 15.5 Å². The predicted octanol–water partition coefficient (Wildman–Crippen LogP) is 6.05. The Balaban J connectivity index is 2.54. The molecule has 2 aromatic carbocycles. The molecule has 0 spiro atoms. The van der Waals surface area contributed by atoms with Crippen molar-refractivity contribution in [3.05, 3.63) is 65.7 Å². The maximum absolute atomic E-state index is 14.4. The van der Waals surface area contributed by atoms with Crippen LogP contribution in [-0.2, 0) is 20.9 Å². The number of rotatable bonds is 14. The number of nitrogens with zero attached hydrogens (tertiary/aromatic N) is 1. The van der Waals surface area contributed by atoms with E-state index in [1.807, 2.05) is 43.5 Å². The summed E-state index contributed by atoms with van der Waals surface area (Å²) in [6, 6.07) is 13.7. The van der Waals surface area contributed by atoms with Gasteiger partial charge in [0, 0.05) is 12.6 Å². The smallest absolute Gasteiger partial charge is 0.408 e. The molecule has 0 aliphatic heterocycles. The Morgan fingerprint density at radius 1 is 0.976 bits per heavy atom. The van der Waals surface area contributed by atoms with Crippen LogP contribution in [0.3, 0.4) is 0 Å². The minimum atomic E-state index is -1.03. The van der Waals surface area contributed by atoms with Crippen molar-refractivity contribution in [2.24, 2.45) is 5.92 Å². The number of phenolic OH excluding ortho intramolecular Hbond substituents is 1. The first kappa shape index (κ1) is 34.0. The Morgan fingerprint density at radius 3 is 2.24 bits per heavy atom. The first-order chi connectivity index (χ1) is 19.3. The van der Waals surface area contributed by atoms with Gasteiger partial charge in [0.05, 0.1) is 0 Å². The zero-order valence-corrected chi connectivity index (χ0v) is 26.3. The lowest BCUT2D eigenvalue weighted by molar-refractivity contribution is -0.145. The van der Waals surface area contributed by atoms with Gasteiger partial charge in [-0.1, -0.05) is 56.3 Å². The van der Waals surface area contributed by atoms with Gasteiger partial charge in [0.25, 0.3) is 0 Å². The van der Waals surface area contributed by atoms with Crippen molar-refractivity contribution < 1.29 is 24.2 Å². The Bertz CT molecular complexity index is 1120. The third-order valence-electron chi connectivity index (χ3n) is 6.51. The minimum Gasteiger partial charge on any atom is -0.508 e. The van der Waals surface area contributed by atoms with Gasteiger partial charge in [0.15, 0.2) is 0 Å². The Labute approximate surface area is 249 Å². The van der Waals surface area contributed by atoms with Gasteiger partial charge in [-0.3, -0.25) is 9.59 Å². The summed E-state index contributed by atoms with van der Waals surface area (Å²) in [6.07, 6.45) is 3.12. The van der Waals surface area contributed by atoms with Crippen molar-refractivity contribution in [3.63, 3.8) is 0 Å². The second kappa shape index (κ2) is 16.3. The van der Waals surface area contributed by atoms with Crippen LogP contribution in [0.1, 0.15) is 78.0 Å². The summed E-state index contributed by atoms with van der Waals surface area (Å²) in [5.41, 5.74) is 0.676. The fraction of sp³-hybridized carbons (Fsp3) is 0.531. The monoisotopic (exact) mass is 585 g/mol. The van der Waals surface area contributed by atoms with E-state index in [1.54, 1.807) is 49.6 Å². The molecule has 2 aromatic rings. The number of alkyl carbamates (subject to hydrolysis) is 1. The predicted molar refractivity (Wildman–Crippen MR) is 166 cm³/mol. The summed E-state index contributed by atoms with van der Waals surface area (Å²) < 4.78 is 5.47. The van der Waals surface area contributed by atoms with Crippen LogP contribution in [-0.4, -0.2) is 57.6 Å². The molecule has 0 radical (unpaired) electrons. The molecule has 9 heteroatoms. The van der Waals surface area contributed by atoms with Crippen LogP contribution >= 0.6 is 11.8 Å². The molecule has 0 aromatic heterocycles. The number of thioether (sulfide) groups is 1. The molecule has 3 atom stereocenters. The largest absolute Gasteiger partial charge is 0.508 e. The number of ether oxygens (including phenoxy) is 1. The molecular weight excluding hydrogens is 538 g/mol. The van der Waals surface area contributed by atoms with E-state index in [0.717, 1.165) is 12.0 Å². The quantitative estimate of drug-likeness (QED) is 0.249. The number of hydrogen-bond acceptors (Lipinski definition) is 6.